The van der Waals surface area contributed by atoms with E-state index in [9.17, 15) is 9.59 Å². The summed E-state index contributed by atoms with van der Waals surface area (Å²) in [6, 6.07) is 4.38. The molecule has 0 bridgehead atoms. The van der Waals surface area contributed by atoms with Crippen molar-refractivity contribution in [3.05, 3.63) is 29.6 Å². The Hall–Kier alpha value is -1.79. The quantitative estimate of drug-likeness (QED) is 0.368. The number of ketones is 1. The Morgan fingerprint density at radius 1 is 1.11 bits per heavy atom. The fourth-order valence-electron chi connectivity index (χ4n) is 6.72. The summed E-state index contributed by atoms with van der Waals surface area (Å²) in [7, 11) is 0. The summed E-state index contributed by atoms with van der Waals surface area (Å²) >= 11 is 0. The van der Waals surface area contributed by atoms with E-state index in [0.717, 1.165) is 71.2 Å². The van der Waals surface area contributed by atoms with Crippen molar-refractivity contribution in [1.29, 1.82) is 0 Å². The van der Waals surface area contributed by atoms with Crippen LogP contribution in [0, 0.1) is 22.7 Å². The Morgan fingerprint density at radius 2 is 1.86 bits per heavy atom. The van der Waals surface area contributed by atoms with Gasteiger partial charge in [0.1, 0.15) is 12.0 Å². The monoisotopic (exact) mass is 513 g/mol. The first-order valence-corrected chi connectivity index (χ1v) is 14.5. The highest BCUT2D eigenvalue weighted by Gasteiger charge is 2.42. The Kier molecular flexibility index (Phi) is 10.3. The highest BCUT2D eigenvalue weighted by Crippen LogP contribution is 2.37. The molecule has 0 spiro atoms. The summed E-state index contributed by atoms with van der Waals surface area (Å²) in [4.78, 5) is 36.1. The molecular formula is C31H51N3O3. The van der Waals surface area contributed by atoms with Gasteiger partial charge in [-0.2, -0.15) is 0 Å². The van der Waals surface area contributed by atoms with Crippen LogP contribution in [0.3, 0.4) is 0 Å². The van der Waals surface area contributed by atoms with Crippen LogP contribution in [0.1, 0.15) is 91.8 Å². The van der Waals surface area contributed by atoms with Gasteiger partial charge in [0.05, 0.1) is 5.69 Å². The minimum Gasteiger partial charge on any atom is -0.463 e. The molecule has 37 heavy (non-hydrogen) atoms. The number of carbonyl (C=O) groups is 2. The van der Waals surface area contributed by atoms with Gasteiger partial charge < -0.3 is 4.74 Å². The largest absolute Gasteiger partial charge is 0.463 e. The number of rotatable bonds is 6. The number of ether oxygens (including phenoxy) is 1. The number of fused-ring (bicyclic) bond motifs is 1. The van der Waals surface area contributed by atoms with Gasteiger partial charge in [-0.15, -0.1) is 0 Å². The zero-order valence-corrected chi connectivity index (χ0v) is 24.5. The Morgan fingerprint density at radius 3 is 2.59 bits per heavy atom. The number of Topliss-reactive ketones (excluding diaryl/α,β-unsaturated/α-hetero) is 1. The van der Waals surface area contributed by atoms with Crippen LogP contribution in [0.25, 0.3) is 0 Å². The van der Waals surface area contributed by atoms with Crippen molar-refractivity contribution in [2.75, 3.05) is 32.8 Å². The molecule has 3 atom stereocenters. The van der Waals surface area contributed by atoms with E-state index in [1.807, 2.05) is 19.2 Å². The third-order valence-corrected chi connectivity index (χ3v) is 8.38. The number of hydrogen-bond acceptors (Lipinski definition) is 6. The second kappa shape index (κ2) is 12.8. The average molecular weight is 514 g/mol. The van der Waals surface area contributed by atoms with Crippen LogP contribution in [-0.4, -0.2) is 65.4 Å². The lowest BCUT2D eigenvalue weighted by atomic mass is 9.72. The molecule has 0 amide bonds. The Labute approximate surface area is 225 Å². The third kappa shape index (κ3) is 8.10. The number of nitrogens with zero attached hydrogens (tertiary/aromatic N) is 3. The van der Waals surface area contributed by atoms with Crippen molar-refractivity contribution in [3.63, 3.8) is 0 Å². The fourth-order valence-corrected chi connectivity index (χ4v) is 6.72. The van der Waals surface area contributed by atoms with Crippen LogP contribution >= 0.6 is 0 Å². The maximum atomic E-state index is 13.3. The summed E-state index contributed by atoms with van der Waals surface area (Å²) in [5, 5.41) is 0. The first-order chi connectivity index (χ1) is 17.4. The predicted octanol–water partition coefficient (Wildman–Crippen LogP) is 5.53. The van der Waals surface area contributed by atoms with E-state index >= 15 is 0 Å². The van der Waals surface area contributed by atoms with Gasteiger partial charge in [-0.05, 0) is 88.4 Å². The predicted molar refractivity (Wildman–Crippen MR) is 149 cm³/mol. The van der Waals surface area contributed by atoms with Gasteiger partial charge in [0.25, 0.3) is 0 Å². The van der Waals surface area contributed by atoms with Crippen LogP contribution in [-0.2, 0) is 27.3 Å². The van der Waals surface area contributed by atoms with Gasteiger partial charge in [-0.3, -0.25) is 24.4 Å². The summed E-state index contributed by atoms with van der Waals surface area (Å²) in [6.45, 7) is 19.9. The molecule has 3 heterocycles. The van der Waals surface area contributed by atoms with Crippen molar-refractivity contribution in [2.24, 2.45) is 22.7 Å². The fraction of sp³-hybridized carbons (Fsp3) is 0.774. The molecule has 208 valence electrons. The molecule has 2 aliphatic rings. The third-order valence-electron chi connectivity index (χ3n) is 8.38. The first kappa shape index (κ1) is 29.8. The minimum absolute atomic E-state index is 0.00146. The zero-order chi connectivity index (χ0) is 27.2. The number of pyridine rings is 1. The number of esters is 1. The summed E-state index contributed by atoms with van der Waals surface area (Å²) < 4.78 is 5.93. The zero-order valence-electron chi connectivity index (χ0n) is 24.5. The van der Waals surface area contributed by atoms with Gasteiger partial charge in [-0.1, -0.05) is 40.7 Å². The highest BCUT2D eigenvalue weighted by molar-refractivity contribution is 6.03. The normalized spacial score (nSPS) is 27.9. The molecular weight excluding hydrogens is 462 g/mol. The lowest BCUT2D eigenvalue weighted by Gasteiger charge is -2.36. The Bertz CT molecular complexity index is 913. The number of hydrogen-bond donors (Lipinski definition) is 0. The first-order valence-electron chi connectivity index (χ1n) is 14.5. The van der Waals surface area contributed by atoms with E-state index < -0.39 is 5.41 Å². The van der Waals surface area contributed by atoms with E-state index in [-0.39, 0.29) is 29.1 Å². The van der Waals surface area contributed by atoms with Gasteiger partial charge in [-0.25, -0.2) is 0 Å². The topological polar surface area (TPSA) is 62.7 Å². The van der Waals surface area contributed by atoms with Crippen LogP contribution in [0.2, 0.25) is 0 Å². The van der Waals surface area contributed by atoms with Gasteiger partial charge in [0.15, 0.2) is 5.78 Å². The highest BCUT2D eigenvalue weighted by atomic mass is 16.5. The van der Waals surface area contributed by atoms with E-state index in [4.69, 9.17) is 4.74 Å². The summed E-state index contributed by atoms with van der Waals surface area (Å²) in [5.74, 6) is -0.0502. The molecule has 0 radical (unpaired) electrons. The molecule has 0 unspecified atom stereocenters. The Balaban J connectivity index is 1.73. The molecule has 1 saturated heterocycles. The number of aromatic nitrogens is 1. The van der Waals surface area contributed by atoms with Crippen molar-refractivity contribution in [3.8, 4) is 0 Å². The second-order valence-corrected chi connectivity index (χ2v) is 13.1. The van der Waals surface area contributed by atoms with Crippen LogP contribution in [0.5, 0.6) is 0 Å². The number of carbonyl (C=O) groups excluding carboxylic acids is 2. The maximum Gasteiger partial charge on any atom is 0.319 e. The molecule has 0 aliphatic carbocycles. The molecule has 0 saturated carbocycles. The smallest absolute Gasteiger partial charge is 0.319 e. The molecule has 1 aromatic rings. The lowest BCUT2D eigenvalue weighted by Crippen LogP contribution is -2.44. The average Bonchev–Trinajstić information content (AvgIpc) is 2.83. The molecule has 2 aliphatic heterocycles. The van der Waals surface area contributed by atoms with Gasteiger partial charge >= 0.3 is 5.97 Å². The maximum absolute atomic E-state index is 13.3. The SMILES string of the molecule is CCCN1C[C@H](C)CC(C)(C)C[C@@H](C)C(=O)C(C)(C)C(=O)OC[C@H]1CCCN1CCc2cccnc2C1. The van der Waals surface area contributed by atoms with E-state index in [1.54, 1.807) is 13.8 Å². The lowest BCUT2D eigenvalue weighted by molar-refractivity contribution is -0.161. The number of cyclic esters (lactones) is 1. The van der Waals surface area contributed by atoms with E-state index in [0.29, 0.717) is 12.5 Å². The van der Waals surface area contributed by atoms with Crippen molar-refractivity contribution < 1.29 is 14.3 Å². The standard InChI is InChI=1S/C31H51N3O3/c1-8-15-34-20-23(2)18-30(4,5)19-24(3)28(35)31(6,7)29(36)37-22-26(34)12-10-16-33-17-13-25-11-9-14-32-27(25)21-33/h9,11,14,23-24,26H,8,10,12-13,15-22H2,1-7H3/t23-,24-,26-/m1/s1. The molecule has 0 aromatic carbocycles. The van der Waals surface area contributed by atoms with Crippen LogP contribution in [0.4, 0.5) is 0 Å². The second-order valence-electron chi connectivity index (χ2n) is 13.1. The molecule has 3 rings (SSSR count). The van der Waals surface area contributed by atoms with Crippen LogP contribution in [0.15, 0.2) is 18.3 Å². The van der Waals surface area contributed by atoms with Crippen molar-refractivity contribution >= 4 is 11.8 Å². The van der Waals surface area contributed by atoms with Crippen LogP contribution < -0.4 is 0 Å². The summed E-state index contributed by atoms with van der Waals surface area (Å²) in [5.41, 5.74) is 1.49. The molecule has 6 heteroatoms. The van der Waals surface area contributed by atoms with E-state index in [2.05, 4.69) is 48.5 Å². The molecule has 6 nitrogen and oxygen atoms in total. The van der Waals surface area contributed by atoms with Gasteiger partial charge in [0, 0.05) is 37.8 Å². The minimum atomic E-state index is -1.12. The van der Waals surface area contributed by atoms with Crippen molar-refractivity contribution in [2.45, 2.75) is 99.6 Å². The van der Waals surface area contributed by atoms with E-state index in [1.165, 1.54) is 11.3 Å². The van der Waals surface area contributed by atoms with Crippen molar-refractivity contribution in [1.82, 2.24) is 14.8 Å². The van der Waals surface area contributed by atoms with Gasteiger partial charge in [0.2, 0.25) is 0 Å². The molecule has 1 fully saturated rings. The summed E-state index contributed by atoms with van der Waals surface area (Å²) in [6.07, 6.45) is 7.88. The molecule has 1 aromatic heterocycles. The molecule has 0 N–H and O–H groups in total.